The van der Waals surface area contributed by atoms with Gasteiger partial charge in [0.15, 0.2) is 5.78 Å². The number of carbonyl (C=O) groups excluding carboxylic acids is 2. The lowest BCUT2D eigenvalue weighted by Gasteiger charge is -2.31. The molecule has 0 atom stereocenters. The molecule has 3 rings (SSSR count). The fourth-order valence-electron chi connectivity index (χ4n) is 2.94. The zero-order chi connectivity index (χ0) is 19.1. The van der Waals surface area contributed by atoms with E-state index in [9.17, 15) is 19.7 Å². The van der Waals surface area contributed by atoms with Crippen molar-refractivity contribution < 1.29 is 19.2 Å². The highest BCUT2D eigenvalue weighted by atomic mass is 16.6. The Bertz CT molecular complexity index is 934. The lowest BCUT2D eigenvalue weighted by atomic mass is 9.93. The predicted octanol–water partition coefficient (Wildman–Crippen LogP) is 3.90. The highest BCUT2D eigenvalue weighted by Crippen LogP contribution is 2.34. The maximum atomic E-state index is 12.4. The van der Waals surface area contributed by atoms with E-state index >= 15 is 0 Å². The van der Waals surface area contributed by atoms with Crippen LogP contribution in [0.5, 0.6) is 5.75 Å². The van der Waals surface area contributed by atoms with Crippen molar-refractivity contribution in [2.24, 2.45) is 0 Å². The van der Waals surface area contributed by atoms with Gasteiger partial charge in [-0.05, 0) is 51.1 Å². The van der Waals surface area contributed by atoms with E-state index in [4.69, 9.17) is 4.74 Å². The highest BCUT2D eigenvalue weighted by molar-refractivity contribution is 6.06. The third kappa shape index (κ3) is 3.42. The number of ketones is 1. The molecule has 1 amide bonds. The van der Waals surface area contributed by atoms with E-state index in [2.05, 4.69) is 5.32 Å². The van der Waals surface area contributed by atoms with E-state index in [-0.39, 0.29) is 17.9 Å². The van der Waals surface area contributed by atoms with Gasteiger partial charge in [-0.3, -0.25) is 19.7 Å². The minimum atomic E-state index is -0.550. The first kappa shape index (κ1) is 17.6. The molecule has 0 saturated heterocycles. The van der Waals surface area contributed by atoms with Crippen molar-refractivity contribution >= 4 is 23.1 Å². The van der Waals surface area contributed by atoms with E-state index in [1.807, 2.05) is 13.8 Å². The minimum absolute atomic E-state index is 0.0410. The van der Waals surface area contributed by atoms with Crippen LogP contribution < -0.4 is 10.1 Å². The molecule has 134 valence electrons. The van der Waals surface area contributed by atoms with Gasteiger partial charge in [-0.2, -0.15) is 0 Å². The fourth-order valence-corrected chi connectivity index (χ4v) is 2.94. The molecule has 0 fully saturated rings. The number of nitro groups is 1. The Balaban J connectivity index is 1.83. The number of rotatable bonds is 3. The second kappa shape index (κ2) is 6.25. The first-order valence-electron chi connectivity index (χ1n) is 8.09. The summed E-state index contributed by atoms with van der Waals surface area (Å²) in [6.07, 6.45) is 0.263. The van der Waals surface area contributed by atoms with E-state index in [1.165, 1.54) is 18.2 Å². The normalized spacial score (nSPS) is 15.0. The summed E-state index contributed by atoms with van der Waals surface area (Å²) in [7, 11) is 0. The van der Waals surface area contributed by atoms with Crippen LogP contribution in [0.4, 0.5) is 11.4 Å². The SMILES string of the molecule is Cc1cc(C(=O)Nc2ccc3c(c2)C(=O)CC(C)(C)O3)ccc1[N+](=O)[O-]. The van der Waals surface area contributed by atoms with Gasteiger partial charge < -0.3 is 10.1 Å². The maximum absolute atomic E-state index is 12.4. The number of benzene rings is 2. The van der Waals surface area contributed by atoms with Crippen molar-refractivity contribution in [1.82, 2.24) is 0 Å². The number of nitrogens with zero attached hydrogens (tertiary/aromatic N) is 1. The van der Waals surface area contributed by atoms with Crippen LogP contribution in [0.25, 0.3) is 0 Å². The summed E-state index contributed by atoms with van der Waals surface area (Å²) in [6.45, 7) is 5.27. The zero-order valence-corrected chi connectivity index (χ0v) is 14.7. The van der Waals surface area contributed by atoms with Crippen LogP contribution in [0, 0.1) is 17.0 Å². The van der Waals surface area contributed by atoms with Crippen molar-refractivity contribution in [3.8, 4) is 5.75 Å². The van der Waals surface area contributed by atoms with Gasteiger partial charge in [0.05, 0.1) is 16.9 Å². The number of anilines is 1. The summed E-state index contributed by atoms with van der Waals surface area (Å²) in [6, 6.07) is 9.06. The van der Waals surface area contributed by atoms with E-state index in [0.717, 1.165) is 0 Å². The number of hydrogen-bond acceptors (Lipinski definition) is 5. The molecule has 0 bridgehead atoms. The second-order valence-corrected chi connectivity index (χ2v) is 6.89. The molecule has 7 heteroatoms. The Kier molecular flexibility index (Phi) is 4.23. The van der Waals surface area contributed by atoms with Crippen molar-refractivity contribution in [3.05, 3.63) is 63.2 Å². The number of nitro benzene ring substituents is 1. The van der Waals surface area contributed by atoms with Crippen molar-refractivity contribution in [1.29, 1.82) is 0 Å². The van der Waals surface area contributed by atoms with Gasteiger partial charge >= 0.3 is 0 Å². The van der Waals surface area contributed by atoms with E-state index < -0.39 is 16.4 Å². The van der Waals surface area contributed by atoms with Crippen LogP contribution in [0.2, 0.25) is 0 Å². The summed E-state index contributed by atoms with van der Waals surface area (Å²) in [5.74, 6) is 0.0430. The molecule has 0 unspecified atom stereocenters. The third-order valence-corrected chi connectivity index (χ3v) is 4.17. The quantitative estimate of drug-likeness (QED) is 0.666. The number of fused-ring (bicyclic) bond motifs is 1. The monoisotopic (exact) mass is 354 g/mol. The molecule has 1 aliphatic rings. The lowest BCUT2D eigenvalue weighted by Crippen LogP contribution is -2.35. The molecule has 2 aromatic carbocycles. The maximum Gasteiger partial charge on any atom is 0.272 e. The molecule has 0 saturated carbocycles. The molecule has 2 aromatic rings. The largest absolute Gasteiger partial charge is 0.487 e. The molecule has 1 heterocycles. The summed E-state index contributed by atoms with van der Waals surface area (Å²) in [5.41, 5.74) is 1.00. The van der Waals surface area contributed by atoms with Gasteiger partial charge in [0.25, 0.3) is 11.6 Å². The van der Waals surface area contributed by atoms with E-state index in [1.54, 1.807) is 25.1 Å². The molecule has 0 radical (unpaired) electrons. The van der Waals surface area contributed by atoms with Gasteiger partial charge in [-0.25, -0.2) is 0 Å². The van der Waals surface area contributed by atoms with Crippen molar-refractivity contribution in [2.75, 3.05) is 5.32 Å². The average Bonchev–Trinajstić information content (AvgIpc) is 2.54. The number of nitrogens with one attached hydrogen (secondary N) is 1. The van der Waals surface area contributed by atoms with Gasteiger partial charge in [-0.1, -0.05) is 0 Å². The number of carbonyl (C=O) groups is 2. The second-order valence-electron chi connectivity index (χ2n) is 6.89. The Labute approximate surface area is 150 Å². The highest BCUT2D eigenvalue weighted by Gasteiger charge is 2.32. The Morgan fingerprint density at radius 1 is 1.23 bits per heavy atom. The van der Waals surface area contributed by atoms with E-state index in [0.29, 0.717) is 28.1 Å². The Morgan fingerprint density at radius 2 is 1.96 bits per heavy atom. The zero-order valence-electron chi connectivity index (χ0n) is 14.7. The van der Waals surface area contributed by atoms with Crippen LogP contribution in [0.15, 0.2) is 36.4 Å². The van der Waals surface area contributed by atoms with Gasteiger partial charge in [-0.15, -0.1) is 0 Å². The summed E-state index contributed by atoms with van der Waals surface area (Å²) >= 11 is 0. The van der Waals surface area contributed by atoms with Crippen LogP contribution in [0.1, 0.15) is 46.5 Å². The van der Waals surface area contributed by atoms with Crippen molar-refractivity contribution in [2.45, 2.75) is 32.8 Å². The molecule has 0 aliphatic carbocycles. The molecule has 0 aromatic heterocycles. The number of Topliss-reactive ketones (excluding diaryl/α,β-unsaturated/α-hetero) is 1. The topological polar surface area (TPSA) is 98.5 Å². The Hall–Kier alpha value is -3.22. The molecule has 1 aliphatic heterocycles. The van der Waals surface area contributed by atoms with Crippen LogP contribution >= 0.6 is 0 Å². The molecule has 26 heavy (non-hydrogen) atoms. The standard InChI is InChI=1S/C19H18N2O5/c1-11-8-12(4-6-15(11)21(24)25)18(23)20-13-5-7-17-14(9-13)16(22)10-19(2,3)26-17/h4-9H,10H2,1-3H3,(H,20,23). The smallest absolute Gasteiger partial charge is 0.272 e. The molecular weight excluding hydrogens is 336 g/mol. The number of hydrogen-bond donors (Lipinski definition) is 1. The molecule has 7 nitrogen and oxygen atoms in total. The molecular formula is C19H18N2O5. The van der Waals surface area contributed by atoms with Gasteiger partial charge in [0.1, 0.15) is 11.4 Å². The number of aryl methyl sites for hydroxylation is 1. The van der Waals surface area contributed by atoms with Crippen molar-refractivity contribution in [3.63, 3.8) is 0 Å². The summed E-state index contributed by atoms with van der Waals surface area (Å²) in [5, 5.41) is 13.6. The van der Waals surface area contributed by atoms with Gasteiger partial charge in [0.2, 0.25) is 0 Å². The number of amides is 1. The lowest BCUT2D eigenvalue weighted by molar-refractivity contribution is -0.385. The number of ether oxygens (including phenoxy) is 1. The average molecular weight is 354 g/mol. The van der Waals surface area contributed by atoms with Crippen LogP contribution in [0.3, 0.4) is 0 Å². The minimum Gasteiger partial charge on any atom is -0.487 e. The van der Waals surface area contributed by atoms with Gasteiger partial charge in [0, 0.05) is 22.9 Å². The third-order valence-electron chi connectivity index (χ3n) is 4.17. The molecule has 1 N–H and O–H groups in total. The summed E-state index contributed by atoms with van der Waals surface area (Å²) in [4.78, 5) is 35.1. The Morgan fingerprint density at radius 3 is 2.62 bits per heavy atom. The first-order chi connectivity index (χ1) is 12.2. The predicted molar refractivity (Wildman–Crippen MR) is 95.9 cm³/mol. The first-order valence-corrected chi connectivity index (χ1v) is 8.09. The molecule has 0 spiro atoms. The fraction of sp³-hybridized carbons (Fsp3) is 0.263. The van der Waals surface area contributed by atoms with Crippen LogP contribution in [-0.4, -0.2) is 22.2 Å². The summed E-state index contributed by atoms with van der Waals surface area (Å²) < 4.78 is 5.79. The van der Waals surface area contributed by atoms with Crippen LogP contribution in [-0.2, 0) is 0 Å².